The molecule has 2 N–H and O–H groups in total. The third-order valence-corrected chi connectivity index (χ3v) is 0.602. The Morgan fingerprint density at radius 3 is 2.88 bits per heavy atom. The third-order valence-electron chi connectivity index (χ3n) is 0.602. The van der Waals surface area contributed by atoms with E-state index >= 15 is 0 Å². The van der Waals surface area contributed by atoms with Crippen molar-refractivity contribution in [1.29, 1.82) is 0 Å². The molecule has 0 aliphatic carbocycles. The molecule has 1 aromatic heterocycles. The van der Waals surface area contributed by atoms with Gasteiger partial charge in [0.1, 0.15) is 0 Å². The Balaban J connectivity index is 3.08. The molecule has 5 heteroatoms. The van der Waals surface area contributed by atoms with E-state index < -0.39 is 0 Å². The first-order chi connectivity index (χ1) is 3.79. The number of nitrogen functional groups attached to an aromatic ring is 1. The largest absolute Gasteiger partial charge is 0.594 e. The van der Waals surface area contributed by atoms with Crippen molar-refractivity contribution < 1.29 is 4.85 Å². The SMILES string of the molecule is Nc1ncc[n+]([O-])n1. The molecule has 1 heterocycles. The molecule has 0 saturated carbocycles. The summed E-state index contributed by atoms with van der Waals surface area (Å²) in [5.74, 6) is -0.0116. The number of rotatable bonds is 0. The number of nitrogens with zero attached hydrogens (tertiary/aromatic N) is 3. The van der Waals surface area contributed by atoms with Crippen LogP contribution in [0.2, 0.25) is 0 Å². The van der Waals surface area contributed by atoms with E-state index in [-0.39, 0.29) is 5.95 Å². The lowest BCUT2D eigenvalue weighted by Crippen LogP contribution is -2.31. The second kappa shape index (κ2) is 1.61. The molecule has 0 saturated heterocycles. The average Bonchev–Trinajstić information content (AvgIpc) is 1.64. The van der Waals surface area contributed by atoms with Gasteiger partial charge >= 0.3 is 0 Å². The molecule has 0 spiro atoms. The van der Waals surface area contributed by atoms with Crippen LogP contribution in [0.4, 0.5) is 5.95 Å². The summed E-state index contributed by atoms with van der Waals surface area (Å²) < 4.78 is 0. The first-order valence-corrected chi connectivity index (χ1v) is 1.97. The zero-order valence-electron chi connectivity index (χ0n) is 3.98. The number of aromatic nitrogens is 3. The smallest absolute Gasteiger partial charge is 0.287 e. The molecule has 42 valence electrons. The predicted octanol–water partition coefficient (Wildman–Crippen LogP) is -1.31. The van der Waals surface area contributed by atoms with E-state index in [0.29, 0.717) is 4.85 Å². The molecule has 0 fully saturated rings. The normalized spacial score (nSPS) is 9.00. The average molecular weight is 112 g/mol. The molecular formula is C3H4N4O. The summed E-state index contributed by atoms with van der Waals surface area (Å²) in [6.45, 7) is 0. The molecule has 0 aromatic carbocycles. The molecule has 0 amide bonds. The van der Waals surface area contributed by atoms with Crippen LogP contribution < -0.4 is 10.6 Å². The minimum atomic E-state index is -0.0116. The third kappa shape index (κ3) is 0.810. The Morgan fingerprint density at radius 1 is 1.75 bits per heavy atom. The molecule has 0 bridgehead atoms. The highest BCUT2D eigenvalue weighted by Gasteiger charge is 1.89. The predicted molar refractivity (Wildman–Crippen MR) is 25.4 cm³/mol. The van der Waals surface area contributed by atoms with Gasteiger partial charge in [0.05, 0.1) is 11.3 Å². The van der Waals surface area contributed by atoms with E-state index in [0.717, 1.165) is 6.20 Å². The molecule has 1 aromatic rings. The maximum absolute atomic E-state index is 10.2. The summed E-state index contributed by atoms with van der Waals surface area (Å²) in [7, 11) is 0. The van der Waals surface area contributed by atoms with Crippen LogP contribution in [0.25, 0.3) is 0 Å². The number of anilines is 1. The maximum atomic E-state index is 10.2. The lowest BCUT2D eigenvalue weighted by atomic mass is 10.9. The van der Waals surface area contributed by atoms with Crippen molar-refractivity contribution >= 4 is 5.95 Å². The Kier molecular flexibility index (Phi) is 0.957. The summed E-state index contributed by atoms with van der Waals surface area (Å²) in [4.78, 5) is 3.84. The maximum Gasteiger partial charge on any atom is 0.287 e. The Hall–Kier alpha value is -1.39. The first-order valence-electron chi connectivity index (χ1n) is 1.97. The molecule has 0 unspecified atom stereocenters. The van der Waals surface area contributed by atoms with Crippen LogP contribution >= 0.6 is 0 Å². The standard InChI is InChI=1S/C3H4N4O/c4-3-5-1-2-7(8)6-3/h1-2H,(H2,4,5,6). The summed E-state index contributed by atoms with van der Waals surface area (Å²) in [6.07, 6.45) is 2.45. The van der Waals surface area contributed by atoms with Crippen molar-refractivity contribution in [3.05, 3.63) is 17.6 Å². The molecule has 8 heavy (non-hydrogen) atoms. The lowest BCUT2D eigenvalue weighted by molar-refractivity contribution is -0.668. The molecular weight excluding hydrogens is 108 g/mol. The van der Waals surface area contributed by atoms with Gasteiger partial charge in [-0.2, -0.15) is 0 Å². The number of hydrogen-bond donors (Lipinski definition) is 1. The van der Waals surface area contributed by atoms with Crippen molar-refractivity contribution in [2.75, 3.05) is 5.73 Å². The van der Waals surface area contributed by atoms with Crippen molar-refractivity contribution in [1.82, 2.24) is 10.1 Å². The Morgan fingerprint density at radius 2 is 2.50 bits per heavy atom. The van der Waals surface area contributed by atoms with E-state index in [1.807, 2.05) is 0 Å². The van der Waals surface area contributed by atoms with Crippen molar-refractivity contribution in [2.45, 2.75) is 0 Å². The molecule has 1 rings (SSSR count). The Bertz CT molecular complexity index is 171. The monoisotopic (exact) mass is 112 g/mol. The van der Waals surface area contributed by atoms with Gasteiger partial charge < -0.3 is 10.9 Å². The van der Waals surface area contributed by atoms with Gasteiger partial charge in [0.2, 0.25) is 6.20 Å². The van der Waals surface area contributed by atoms with Crippen LogP contribution in [0, 0.1) is 5.21 Å². The van der Waals surface area contributed by atoms with Gasteiger partial charge in [0, 0.05) is 0 Å². The lowest BCUT2D eigenvalue weighted by Gasteiger charge is -1.88. The van der Waals surface area contributed by atoms with Crippen molar-refractivity contribution in [2.24, 2.45) is 0 Å². The van der Waals surface area contributed by atoms with Crippen molar-refractivity contribution in [3.8, 4) is 0 Å². The highest BCUT2D eigenvalue weighted by atomic mass is 16.5. The van der Waals surface area contributed by atoms with Crippen LogP contribution in [0.3, 0.4) is 0 Å². The topological polar surface area (TPSA) is 78.7 Å². The highest BCUT2D eigenvalue weighted by molar-refractivity contribution is 5.06. The summed E-state index contributed by atoms with van der Waals surface area (Å²) in [5, 5.41) is 13.4. The van der Waals surface area contributed by atoms with Gasteiger partial charge in [0.15, 0.2) is 0 Å². The zero-order chi connectivity index (χ0) is 5.98. The van der Waals surface area contributed by atoms with Crippen LogP contribution in [0.5, 0.6) is 0 Å². The van der Waals surface area contributed by atoms with Crippen LogP contribution in [-0.4, -0.2) is 10.1 Å². The van der Waals surface area contributed by atoms with E-state index in [1.54, 1.807) is 0 Å². The van der Waals surface area contributed by atoms with Crippen LogP contribution in [0.15, 0.2) is 12.4 Å². The molecule has 0 radical (unpaired) electrons. The van der Waals surface area contributed by atoms with Gasteiger partial charge in [-0.15, -0.1) is 0 Å². The van der Waals surface area contributed by atoms with Gasteiger partial charge in [-0.05, 0) is 0 Å². The van der Waals surface area contributed by atoms with Gasteiger partial charge in [-0.3, -0.25) is 0 Å². The molecule has 0 aliphatic rings. The molecule has 0 aliphatic heterocycles. The fraction of sp³-hybridized carbons (Fsp3) is 0. The molecule has 0 atom stereocenters. The van der Waals surface area contributed by atoms with Gasteiger partial charge in [-0.25, -0.2) is 4.98 Å². The summed E-state index contributed by atoms with van der Waals surface area (Å²) in [6, 6.07) is 0. The van der Waals surface area contributed by atoms with Crippen molar-refractivity contribution in [3.63, 3.8) is 0 Å². The van der Waals surface area contributed by atoms with Crippen LogP contribution in [-0.2, 0) is 0 Å². The van der Waals surface area contributed by atoms with E-state index in [4.69, 9.17) is 5.73 Å². The molecule has 5 nitrogen and oxygen atoms in total. The Labute approximate surface area is 45.4 Å². The van der Waals surface area contributed by atoms with Gasteiger partial charge in [0.25, 0.3) is 5.95 Å². The first kappa shape index (κ1) is 4.76. The van der Waals surface area contributed by atoms with Gasteiger partial charge in [-0.1, -0.05) is 4.85 Å². The zero-order valence-corrected chi connectivity index (χ0v) is 3.98. The minimum absolute atomic E-state index is 0.0116. The number of nitrogens with two attached hydrogens (primary N) is 1. The number of hydrogen-bond acceptors (Lipinski definition) is 4. The van der Waals surface area contributed by atoms with Crippen LogP contribution in [0.1, 0.15) is 0 Å². The van der Waals surface area contributed by atoms with E-state index in [9.17, 15) is 5.21 Å². The minimum Gasteiger partial charge on any atom is -0.594 e. The second-order valence-corrected chi connectivity index (χ2v) is 1.19. The highest BCUT2D eigenvalue weighted by Crippen LogP contribution is 1.76. The fourth-order valence-corrected chi connectivity index (χ4v) is 0.327. The summed E-state index contributed by atoms with van der Waals surface area (Å²) in [5.41, 5.74) is 5.02. The van der Waals surface area contributed by atoms with E-state index in [2.05, 4.69) is 10.1 Å². The fourth-order valence-electron chi connectivity index (χ4n) is 0.327. The quantitative estimate of drug-likeness (QED) is 0.334. The summed E-state index contributed by atoms with van der Waals surface area (Å²) >= 11 is 0. The van der Waals surface area contributed by atoms with E-state index in [1.165, 1.54) is 6.20 Å². The second-order valence-electron chi connectivity index (χ2n) is 1.19.